The fourth-order valence-electron chi connectivity index (χ4n) is 2.23. The molecule has 1 N–H and O–H groups in total. The molecule has 0 aromatic carbocycles. The second-order valence-corrected chi connectivity index (χ2v) is 5.66. The van der Waals surface area contributed by atoms with Crippen LogP contribution in [0.5, 0.6) is 0 Å². The van der Waals surface area contributed by atoms with Gasteiger partial charge in [0.25, 0.3) is 0 Å². The van der Waals surface area contributed by atoms with E-state index in [1.807, 2.05) is 0 Å². The quantitative estimate of drug-likeness (QED) is 0.707. The van der Waals surface area contributed by atoms with Crippen molar-refractivity contribution >= 4 is 0 Å². The Kier molecular flexibility index (Phi) is 3.39. The van der Waals surface area contributed by atoms with Gasteiger partial charge in [-0.1, -0.05) is 19.8 Å². The molecule has 1 aliphatic rings. The van der Waals surface area contributed by atoms with Gasteiger partial charge in [0.1, 0.15) is 0 Å². The van der Waals surface area contributed by atoms with Gasteiger partial charge >= 0.3 is 0 Å². The highest BCUT2D eigenvalue weighted by atomic mass is 15.0. The van der Waals surface area contributed by atoms with Crippen molar-refractivity contribution in [3.05, 3.63) is 0 Å². The summed E-state index contributed by atoms with van der Waals surface area (Å²) in [4.78, 5) is 0. The van der Waals surface area contributed by atoms with Crippen molar-refractivity contribution in [3.8, 4) is 0 Å². The number of hydrogen-bond donors (Lipinski definition) is 1. The van der Waals surface area contributed by atoms with Gasteiger partial charge in [0.05, 0.1) is 0 Å². The smallest absolute Gasteiger partial charge is 0.00967 e. The predicted molar refractivity (Wildman–Crippen MR) is 58.9 cm³/mol. The van der Waals surface area contributed by atoms with Crippen LogP contribution >= 0.6 is 0 Å². The largest absolute Gasteiger partial charge is 0.312 e. The first-order valence-electron chi connectivity index (χ1n) is 5.72. The van der Waals surface area contributed by atoms with E-state index in [0.717, 1.165) is 0 Å². The van der Waals surface area contributed by atoms with Crippen LogP contribution in [0.4, 0.5) is 0 Å². The zero-order valence-electron chi connectivity index (χ0n) is 9.74. The first kappa shape index (κ1) is 11.0. The Bertz CT molecular complexity index is 149. The average Bonchev–Trinajstić information content (AvgIpc) is 2.49. The molecule has 0 amide bonds. The van der Waals surface area contributed by atoms with Gasteiger partial charge in [-0.05, 0) is 45.4 Å². The second kappa shape index (κ2) is 4.00. The molecule has 0 radical (unpaired) electrons. The van der Waals surface area contributed by atoms with Crippen LogP contribution in [-0.2, 0) is 0 Å². The molecular formula is C12H25N. The molecule has 0 aliphatic heterocycles. The van der Waals surface area contributed by atoms with E-state index in [1.54, 1.807) is 0 Å². The lowest BCUT2D eigenvalue weighted by molar-refractivity contribution is 0.238. The molecule has 1 rings (SSSR count). The van der Waals surface area contributed by atoms with Crippen LogP contribution in [0.25, 0.3) is 0 Å². The molecule has 0 spiro atoms. The fraction of sp³-hybridized carbons (Fsp3) is 1.00. The van der Waals surface area contributed by atoms with Gasteiger partial charge in [-0.15, -0.1) is 0 Å². The number of nitrogens with one attached hydrogen (secondary N) is 1. The van der Waals surface area contributed by atoms with Crippen LogP contribution in [-0.4, -0.2) is 12.1 Å². The summed E-state index contributed by atoms with van der Waals surface area (Å²) in [6.45, 7) is 10.3. The molecule has 1 saturated carbocycles. The summed E-state index contributed by atoms with van der Waals surface area (Å²) in [5, 5.41) is 3.66. The lowest BCUT2D eigenvalue weighted by Gasteiger charge is -2.32. The molecule has 1 nitrogen and oxygen atoms in total. The maximum atomic E-state index is 3.66. The van der Waals surface area contributed by atoms with Crippen molar-refractivity contribution in [2.75, 3.05) is 6.54 Å². The molecule has 0 aromatic heterocycles. The Morgan fingerprint density at radius 1 is 1.15 bits per heavy atom. The monoisotopic (exact) mass is 183 g/mol. The van der Waals surface area contributed by atoms with Gasteiger partial charge in [-0.2, -0.15) is 0 Å². The summed E-state index contributed by atoms with van der Waals surface area (Å²) in [6, 6.07) is 0. The van der Waals surface area contributed by atoms with Crippen molar-refractivity contribution in [1.82, 2.24) is 5.32 Å². The molecule has 0 atom stereocenters. The summed E-state index contributed by atoms with van der Waals surface area (Å²) < 4.78 is 0. The minimum atomic E-state index is 0.282. The zero-order chi connectivity index (χ0) is 9.95. The van der Waals surface area contributed by atoms with E-state index >= 15 is 0 Å². The minimum absolute atomic E-state index is 0.282. The van der Waals surface area contributed by atoms with Crippen LogP contribution in [0.1, 0.15) is 59.8 Å². The third kappa shape index (κ3) is 3.30. The van der Waals surface area contributed by atoms with Crippen LogP contribution in [0, 0.1) is 5.41 Å². The standard InChI is InChI=1S/C12H25N/c1-5-12(8-6-7-9-12)10-13-11(2,3)4/h13H,5-10H2,1-4H3. The highest BCUT2D eigenvalue weighted by Gasteiger charge is 2.32. The van der Waals surface area contributed by atoms with Crippen LogP contribution in [0.2, 0.25) is 0 Å². The highest BCUT2D eigenvalue weighted by Crippen LogP contribution is 2.40. The fourth-order valence-corrected chi connectivity index (χ4v) is 2.23. The molecule has 13 heavy (non-hydrogen) atoms. The lowest BCUT2D eigenvalue weighted by atomic mass is 9.83. The first-order chi connectivity index (χ1) is 5.97. The van der Waals surface area contributed by atoms with E-state index < -0.39 is 0 Å². The number of hydrogen-bond acceptors (Lipinski definition) is 1. The van der Waals surface area contributed by atoms with E-state index in [0.29, 0.717) is 5.41 Å². The van der Waals surface area contributed by atoms with E-state index in [9.17, 15) is 0 Å². The Balaban J connectivity index is 2.40. The van der Waals surface area contributed by atoms with Crippen molar-refractivity contribution in [1.29, 1.82) is 0 Å². The number of rotatable bonds is 3. The zero-order valence-corrected chi connectivity index (χ0v) is 9.74. The molecule has 1 heteroatoms. The van der Waals surface area contributed by atoms with E-state index in [4.69, 9.17) is 0 Å². The van der Waals surface area contributed by atoms with E-state index in [2.05, 4.69) is 33.0 Å². The molecule has 0 aromatic rings. The SMILES string of the molecule is CCC1(CNC(C)(C)C)CCCC1. The molecule has 0 heterocycles. The normalized spacial score (nSPS) is 22.2. The van der Waals surface area contributed by atoms with E-state index in [-0.39, 0.29) is 5.54 Å². The van der Waals surface area contributed by atoms with Gasteiger partial charge in [-0.25, -0.2) is 0 Å². The predicted octanol–water partition coefficient (Wildman–Crippen LogP) is 3.34. The maximum absolute atomic E-state index is 3.66. The summed E-state index contributed by atoms with van der Waals surface area (Å²) in [5.41, 5.74) is 0.915. The van der Waals surface area contributed by atoms with Crippen LogP contribution in [0.15, 0.2) is 0 Å². The molecule has 78 valence electrons. The molecule has 1 fully saturated rings. The molecule has 0 bridgehead atoms. The topological polar surface area (TPSA) is 12.0 Å². The van der Waals surface area contributed by atoms with Crippen molar-refractivity contribution in [2.24, 2.45) is 5.41 Å². The van der Waals surface area contributed by atoms with Gasteiger partial charge in [0, 0.05) is 12.1 Å². The van der Waals surface area contributed by atoms with Crippen molar-refractivity contribution < 1.29 is 0 Å². The van der Waals surface area contributed by atoms with Gasteiger partial charge in [0.15, 0.2) is 0 Å². The van der Waals surface area contributed by atoms with Crippen molar-refractivity contribution in [3.63, 3.8) is 0 Å². The highest BCUT2D eigenvalue weighted by molar-refractivity contribution is 4.87. The average molecular weight is 183 g/mol. The molecule has 0 unspecified atom stereocenters. The summed E-state index contributed by atoms with van der Waals surface area (Å²) in [6.07, 6.45) is 7.11. The molecule has 0 saturated heterocycles. The van der Waals surface area contributed by atoms with Gasteiger partial charge in [-0.3, -0.25) is 0 Å². The van der Waals surface area contributed by atoms with E-state index in [1.165, 1.54) is 38.6 Å². The molecular weight excluding hydrogens is 158 g/mol. The Hall–Kier alpha value is -0.0400. The Labute approximate surface area is 83.3 Å². The summed E-state index contributed by atoms with van der Waals surface area (Å²) in [7, 11) is 0. The summed E-state index contributed by atoms with van der Waals surface area (Å²) in [5.74, 6) is 0. The second-order valence-electron chi connectivity index (χ2n) is 5.66. The molecule has 1 aliphatic carbocycles. The van der Waals surface area contributed by atoms with Crippen molar-refractivity contribution in [2.45, 2.75) is 65.3 Å². The van der Waals surface area contributed by atoms with Crippen LogP contribution < -0.4 is 5.32 Å². The summed E-state index contributed by atoms with van der Waals surface area (Å²) >= 11 is 0. The lowest BCUT2D eigenvalue weighted by Crippen LogP contribution is -2.42. The first-order valence-corrected chi connectivity index (χ1v) is 5.72. The Morgan fingerprint density at radius 3 is 2.08 bits per heavy atom. The van der Waals surface area contributed by atoms with Gasteiger partial charge in [0.2, 0.25) is 0 Å². The third-order valence-electron chi connectivity index (χ3n) is 3.41. The van der Waals surface area contributed by atoms with Crippen LogP contribution in [0.3, 0.4) is 0 Å². The third-order valence-corrected chi connectivity index (χ3v) is 3.41. The minimum Gasteiger partial charge on any atom is -0.312 e. The Morgan fingerprint density at radius 2 is 1.69 bits per heavy atom. The maximum Gasteiger partial charge on any atom is 0.00967 e. The van der Waals surface area contributed by atoms with Gasteiger partial charge < -0.3 is 5.32 Å².